The Kier molecular flexibility index (Phi) is 7.82. The van der Waals surface area contributed by atoms with E-state index in [-0.39, 0.29) is 30.2 Å². The molecule has 0 aliphatic heterocycles. The van der Waals surface area contributed by atoms with Crippen molar-refractivity contribution in [3.05, 3.63) is 0 Å². The Bertz CT molecular complexity index is 177. The highest BCUT2D eigenvalue weighted by atomic mass is 14.9. The summed E-state index contributed by atoms with van der Waals surface area (Å²) in [7, 11) is 0. The van der Waals surface area contributed by atoms with Crippen LogP contribution in [0.2, 0.25) is 0 Å². The van der Waals surface area contributed by atoms with E-state index in [0.717, 1.165) is 6.42 Å². The minimum atomic E-state index is -0.224. The van der Waals surface area contributed by atoms with E-state index in [2.05, 4.69) is 0 Å². The van der Waals surface area contributed by atoms with Crippen LogP contribution >= 0.6 is 0 Å². The standard InChI is InChI=1S/C10H28N6/c1-2-6(12)3-7(13)8(14)4-9(15)10(16)5-11/h6-10H,2-5,11-16H2,1H3. The fourth-order valence-electron chi connectivity index (χ4n) is 1.53. The number of nitrogens with two attached hydrogens (primary N) is 6. The first-order valence-electron chi connectivity index (χ1n) is 5.90. The Balaban J connectivity index is 3.99. The first-order chi connectivity index (χ1) is 7.42. The third-order valence-electron chi connectivity index (χ3n) is 3.02. The molecule has 0 amide bonds. The molecule has 0 spiro atoms. The number of hydrogen-bond donors (Lipinski definition) is 6. The Morgan fingerprint density at radius 3 is 1.62 bits per heavy atom. The van der Waals surface area contributed by atoms with E-state index in [1.807, 2.05) is 6.92 Å². The topological polar surface area (TPSA) is 156 Å². The molecule has 0 aromatic heterocycles. The van der Waals surface area contributed by atoms with E-state index in [0.29, 0.717) is 19.4 Å². The average Bonchev–Trinajstić information content (AvgIpc) is 2.27. The van der Waals surface area contributed by atoms with Crippen molar-refractivity contribution < 1.29 is 0 Å². The summed E-state index contributed by atoms with van der Waals surface area (Å²) in [5.41, 5.74) is 34.7. The molecule has 5 atom stereocenters. The normalized spacial score (nSPS) is 21.2. The smallest absolute Gasteiger partial charge is 0.0317 e. The minimum Gasteiger partial charge on any atom is -0.329 e. The second-order valence-electron chi connectivity index (χ2n) is 4.53. The van der Waals surface area contributed by atoms with Crippen LogP contribution in [0.5, 0.6) is 0 Å². The van der Waals surface area contributed by atoms with Gasteiger partial charge in [-0.3, -0.25) is 0 Å². The van der Waals surface area contributed by atoms with Crippen molar-refractivity contribution in [3.8, 4) is 0 Å². The molecule has 0 heterocycles. The van der Waals surface area contributed by atoms with Crippen molar-refractivity contribution in [1.82, 2.24) is 0 Å². The molecule has 0 aliphatic carbocycles. The molecule has 6 heteroatoms. The molecular weight excluding hydrogens is 204 g/mol. The SMILES string of the molecule is CCC(N)CC(N)C(N)CC(N)C(N)CN. The van der Waals surface area contributed by atoms with Crippen molar-refractivity contribution in [2.75, 3.05) is 6.54 Å². The minimum absolute atomic E-state index is 0.0976. The first kappa shape index (κ1) is 15.8. The van der Waals surface area contributed by atoms with Gasteiger partial charge in [0, 0.05) is 36.8 Å². The lowest BCUT2D eigenvalue weighted by Gasteiger charge is -2.27. The zero-order valence-electron chi connectivity index (χ0n) is 10.2. The number of hydrogen-bond acceptors (Lipinski definition) is 6. The number of rotatable bonds is 8. The molecule has 0 bridgehead atoms. The Labute approximate surface area is 98.1 Å². The van der Waals surface area contributed by atoms with Crippen LogP contribution < -0.4 is 34.4 Å². The van der Waals surface area contributed by atoms with Crippen LogP contribution in [0.3, 0.4) is 0 Å². The monoisotopic (exact) mass is 232 g/mol. The molecule has 12 N–H and O–H groups in total. The predicted octanol–water partition coefficient (Wildman–Crippen LogP) is -2.23. The van der Waals surface area contributed by atoms with Crippen molar-refractivity contribution in [1.29, 1.82) is 0 Å². The van der Waals surface area contributed by atoms with Gasteiger partial charge in [0.25, 0.3) is 0 Å². The molecule has 0 saturated heterocycles. The first-order valence-corrected chi connectivity index (χ1v) is 5.90. The fourth-order valence-corrected chi connectivity index (χ4v) is 1.53. The zero-order valence-corrected chi connectivity index (χ0v) is 10.2. The van der Waals surface area contributed by atoms with Gasteiger partial charge in [-0.15, -0.1) is 0 Å². The van der Waals surface area contributed by atoms with Gasteiger partial charge in [0.2, 0.25) is 0 Å². The van der Waals surface area contributed by atoms with Crippen molar-refractivity contribution in [2.45, 2.75) is 56.4 Å². The molecular formula is C10H28N6. The second-order valence-corrected chi connectivity index (χ2v) is 4.53. The third-order valence-corrected chi connectivity index (χ3v) is 3.02. The van der Waals surface area contributed by atoms with E-state index >= 15 is 0 Å². The summed E-state index contributed by atoms with van der Waals surface area (Å²) >= 11 is 0. The van der Waals surface area contributed by atoms with E-state index < -0.39 is 0 Å². The zero-order chi connectivity index (χ0) is 12.7. The van der Waals surface area contributed by atoms with Gasteiger partial charge in [-0.2, -0.15) is 0 Å². The summed E-state index contributed by atoms with van der Waals surface area (Å²) in [6.07, 6.45) is 2.19. The molecule has 6 nitrogen and oxygen atoms in total. The molecule has 0 rings (SSSR count). The van der Waals surface area contributed by atoms with Crippen LogP contribution in [-0.4, -0.2) is 36.8 Å². The fraction of sp³-hybridized carbons (Fsp3) is 1.00. The maximum atomic E-state index is 5.96. The molecule has 0 aliphatic rings. The molecule has 0 saturated carbocycles. The highest BCUT2D eigenvalue weighted by molar-refractivity contribution is 4.87. The summed E-state index contributed by atoms with van der Waals surface area (Å²) in [5, 5.41) is 0. The average molecular weight is 232 g/mol. The van der Waals surface area contributed by atoms with Gasteiger partial charge in [0.15, 0.2) is 0 Å². The molecule has 0 fully saturated rings. The van der Waals surface area contributed by atoms with Gasteiger partial charge >= 0.3 is 0 Å². The Morgan fingerprint density at radius 2 is 1.19 bits per heavy atom. The van der Waals surface area contributed by atoms with Crippen LogP contribution in [0, 0.1) is 0 Å². The van der Waals surface area contributed by atoms with Crippen molar-refractivity contribution >= 4 is 0 Å². The maximum absolute atomic E-state index is 5.96. The van der Waals surface area contributed by atoms with Crippen molar-refractivity contribution in [2.24, 2.45) is 34.4 Å². The van der Waals surface area contributed by atoms with Crippen molar-refractivity contribution in [3.63, 3.8) is 0 Å². The Hall–Kier alpha value is -0.240. The van der Waals surface area contributed by atoms with Gasteiger partial charge < -0.3 is 34.4 Å². The quantitative estimate of drug-likeness (QED) is 0.278. The molecule has 5 unspecified atom stereocenters. The summed E-state index contributed by atoms with van der Waals surface area (Å²) < 4.78 is 0. The van der Waals surface area contributed by atoms with Gasteiger partial charge in [-0.1, -0.05) is 6.92 Å². The lowest BCUT2D eigenvalue weighted by atomic mass is 9.93. The van der Waals surface area contributed by atoms with Gasteiger partial charge in [0.05, 0.1) is 0 Å². The van der Waals surface area contributed by atoms with Crippen LogP contribution in [0.1, 0.15) is 26.2 Å². The molecule has 98 valence electrons. The maximum Gasteiger partial charge on any atom is 0.0317 e. The van der Waals surface area contributed by atoms with E-state index in [9.17, 15) is 0 Å². The van der Waals surface area contributed by atoms with Crippen LogP contribution in [-0.2, 0) is 0 Å². The van der Waals surface area contributed by atoms with E-state index in [4.69, 9.17) is 34.4 Å². The van der Waals surface area contributed by atoms with Crippen LogP contribution in [0.25, 0.3) is 0 Å². The molecule has 0 aromatic carbocycles. The van der Waals surface area contributed by atoms with E-state index in [1.54, 1.807) is 0 Å². The summed E-state index contributed by atoms with van der Waals surface area (Å²) in [4.78, 5) is 0. The summed E-state index contributed by atoms with van der Waals surface area (Å²) in [5.74, 6) is 0. The Morgan fingerprint density at radius 1 is 0.750 bits per heavy atom. The van der Waals surface area contributed by atoms with Gasteiger partial charge in [-0.05, 0) is 19.3 Å². The molecule has 0 aromatic rings. The highest BCUT2D eigenvalue weighted by Crippen LogP contribution is 2.06. The second kappa shape index (κ2) is 7.94. The van der Waals surface area contributed by atoms with Gasteiger partial charge in [0.1, 0.15) is 0 Å². The van der Waals surface area contributed by atoms with Crippen LogP contribution in [0.15, 0.2) is 0 Å². The summed E-state index contributed by atoms with van der Waals surface area (Å²) in [6.45, 7) is 2.39. The lowest BCUT2D eigenvalue weighted by Crippen LogP contribution is -2.53. The van der Waals surface area contributed by atoms with Crippen LogP contribution in [0.4, 0.5) is 0 Å². The van der Waals surface area contributed by atoms with E-state index in [1.165, 1.54) is 0 Å². The lowest BCUT2D eigenvalue weighted by molar-refractivity contribution is 0.382. The molecule has 16 heavy (non-hydrogen) atoms. The van der Waals surface area contributed by atoms with Gasteiger partial charge in [-0.25, -0.2) is 0 Å². The molecule has 0 radical (unpaired) electrons. The highest BCUT2D eigenvalue weighted by Gasteiger charge is 2.21. The summed E-state index contributed by atoms with van der Waals surface area (Å²) in [6, 6.07) is -0.640. The largest absolute Gasteiger partial charge is 0.329 e. The predicted molar refractivity (Wildman–Crippen MR) is 68.5 cm³/mol. The third kappa shape index (κ3) is 5.74.